The second-order valence-electron chi connectivity index (χ2n) is 5.43. The molecule has 1 aromatic carbocycles. The largest absolute Gasteiger partial charge is 0.357 e. The molecule has 8 heteroatoms. The van der Waals surface area contributed by atoms with Crippen molar-refractivity contribution in [2.45, 2.75) is 26.3 Å². The third kappa shape index (κ3) is 4.61. The van der Waals surface area contributed by atoms with Crippen molar-refractivity contribution in [1.29, 1.82) is 0 Å². The number of nitrogens with one attached hydrogen (secondary N) is 3. The van der Waals surface area contributed by atoms with Crippen LogP contribution in [0.2, 0.25) is 0 Å². The first kappa shape index (κ1) is 17.1. The minimum Gasteiger partial charge on any atom is -0.357 e. The molecule has 126 valence electrons. The molecule has 0 spiro atoms. The highest BCUT2D eigenvalue weighted by Gasteiger charge is 2.33. The van der Waals surface area contributed by atoms with Gasteiger partial charge in [0.15, 0.2) is 23.4 Å². The van der Waals surface area contributed by atoms with E-state index in [9.17, 15) is 18.0 Å². The van der Waals surface area contributed by atoms with Crippen molar-refractivity contribution in [2.75, 3.05) is 18.4 Å². The summed E-state index contributed by atoms with van der Waals surface area (Å²) in [5, 5.41) is 8.33. The van der Waals surface area contributed by atoms with Crippen molar-refractivity contribution < 1.29 is 18.0 Å². The van der Waals surface area contributed by atoms with Gasteiger partial charge in [-0.15, -0.1) is 0 Å². The highest BCUT2D eigenvalue weighted by atomic mass is 19.2. The van der Waals surface area contributed by atoms with Crippen molar-refractivity contribution in [3.8, 4) is 0 Å². The normalized spacial score (nSPS) is 20.1. The fraction of sp³-hybridized carbons (Fsp3) is 0.467. The van der Waals surface area contributed by atoms with Gasteiger partial charge in [-0.25, -0.2) is 18.2 Å². The summed E-state index contributed by atoms with van der Waals surface area (Å²) in [5.74, 6) is -3.94. The summed E-state index contributed by atoms with van der Waals surface area (Å²) in [4.78, 5) is 15.9. The van der Waals surface area contributed by atoms with E-state index in [0.717, 1.165) is 18.6 Å². The van der Waals surface area contributed by atoms with Crippen molar-refractivity contribution in [2.24, 2.45) is 10.9 Å². The Morgan fingerprint density at radius 3 is 2.61 bits per heavy atom. The lowest BCUT2D eigenvalue weighted by Gasteiger charge is -2.11. The van der Waals surface area contributed by atoms with E-state index in [1.54, 1.807) is 0 Å². The van der Waals surface area contributed by atoms with Crippen LogP contribution in [-0.4, -0.2) is 31.0 Å². The number of anilines is 1. The number of amides is 1. The van der Waals surface area contributed by atoms with Crippen LogP contribution >= 0.6 is 0 Å². The van der Waals surface area contributed by atoms with E-state index in [0.29, 0.717) is 24.5 Å². The van der Waals surface area contributed by atoms with Gasteiger partial charge in [-0.3, -0.25) is 4.79 Å². The van der Waals surface area contributed by atoms with E-state index in [2.05, 4.69) is 27.9 Å². The smallest absolute Gasteiger partial charge is 0.246 e. The van der Waals surface area contributed by atoms with Crippen molar-refractivity contribution >= 4 is 17.6 Å². The van der Waals surface area contributed by atoms with Crippen LogP contribution in [0.3, 0.4) is 0 Å². The minimum absolute atomic E-state index is 0.269. The summed E-state index contributed by atoms with van der Waals surface area (Å²) in [5.41, 5.74) is -0.419. The van der Waals surface area contributed by atoms with Gasteiger partial charge >= 0.3 is 0 Å². The maximum absolute atomic E-state index is 13.5. The first-order valence-electron chi connectivity index (χ1n) is 7.40. The molecule has 3 N–H and O–H groups in total. The molecular formula is C15H19F3N4O. The zero-order valence-corrected chi connectivity index (χ0v) is 12.9. The van der Waals surface area contributed by atoms with Crippen LogP contribution in [0, 0.1) is 23.4 Å². The second-order valence-corrected chi connectivity index (χ2v) is 5.43. The molecule has 0 radical (unpaired) electrons. The lowest BCUT2D eigenvalue weighted by atomic mass is 10.3. The maximum atomic E-state index is 13.5. The highest BCUT2D eigenvalue weighted by Crippen LogP contribution is 2.28. The number of aliphatic imine (C=N–C) groups is 1. The van der Waals surface area contributed by atoms with E-state index < -0.39 is 29.0 Å². The lowest BCUT2D eigenvalue weighted by molar-refractivity contribution is -0.114. The van der Waals surface area contributed by atoms with E-state index >= 15 is 0 Å². The molecular weight excluding hydrogens is 309 g/mol. The topological polar surface area (TPSA) is 65.5 Å². The van der Waals surface area contributed by atoms with Crippen LogP contribution in [0.25, 0.3) is 0 Å². The van der Waals surface area contributed by atoms with Crippen LogP contribution in [-0.2, 0) is 4.79 Å². The maximum Gasteiger partial charge on any atom is 0.246 e. The lowest BCUT2D eigenvalue weighted by Crippen LogP contribution is -2.39. The Morgan fingerprint density at radius 1 is 1.30 bits per heavy atom. The summed E-state index contributed by atoms with van der Waals surface area (Å²) in [7, 11) is 0. The average molecular weight is 328 g/mol. The van der Waals surface area contributed by atoms with Gasteiger partial charge in [0.1, 0.15) is 6.54 Å². The Kier molecular flexibility index (Phi) is 5.46. The SMILES string of the molecule is CCNC(=NCC(=O)Nc1ccc(F)c(F)c1F)NC1CC1C. The minimum atomic E-state index is -1.62. The molecule has 0 aromatic heterocycles. The Bertz CT molecular complexity index is 621. The van der Waals surface area contributed by atoms with Gasteiger partial charge in [0, 0.05) is 12.6 Å². The van der Waals surface area contributed by atoms with Gasteiger partial charge in [-0.2, -0.15) is 0 Å². The first-order chi connectivity index (χ1) is 10.9. The number of benzene rings is 1. The number of carbonyl (C=O) groups excluding carboxylic acids is 1. The molecule has 23 heavy (non-hydrogen) atoms. The molecule has 0 aliphatic heterocycles. The van der Waals surface area contributed by atoms with Gasteiger partial charge in [-0.1, -0.05) is 6.92 Å². The van der Waals surface area contributed by atoms with E-state index in [1.807, 2.05) is 6.92 Å². The Labute approximate surface area is 132 Å². The molecule has 1 saturated carbocycles. The average Bonchev–Trinajstić information content (AvgIpc) is 3.21. The van der Waals surface area contributed by atoms with Gasteiger partial charge in [0.05, 0.1) is 5.69 Å². The number of rotatable bonds is 5. The second kappa shape index (κ2) is 7.34. The predicted octanol–water partition coefficient (Wildman–Crippen LogP) is 2.01. The molecule has 2 unspecified atom stereocenters. The summed E-state index contributed by atoms with van der Waals surface area (Å²) >= 11 is 0. The Balaban J connectivity index is 1.95. The summed E-state index contributed by atoms with van der Waals surface area (Å²) in [6.45, 7) is 4.35. The van der Waals surface area contributed by atoms with Crippen LogP contribution in [0.5, 0.6) is 0 Å². The number of nitrogens with zero attached hydrogens (tertiary/aromatic N) is 1. The van der Waals surface area contributed by atoms with Gasteiger partial charge in [-0.05, 0) is 31.4 Å². The number of carbonyl (C=O) groups is 1. The summed E-state index contributed by atoms with van der Waals surface area (Å²) < 4.78 is 39.4. The number of guanidine groups is 1. The molecule has 0 saturated heterocycles. The van der Waals surface area contributed by atoms with Crippen LogP contribution in [0.4, 0.5) is 18.9 Å². The van der Waals surface area contributed by atoms with Crippen molar-refractivity contribution in [1.82, 2.24) is 10.6 Å². The summed E-state index contributed by atoms with van der Waals surface area (Å²) in [6, 6.07) is 2.04. The number of hydrogen-bond acceptors (Lipinski definition) is 2. The molecule has 1 aliphatic rings. The van der Waals surface area contributed by atoms with Crippen LogP contribution < -0.4 is 16.0 Å². The molecule has 1 aliphatic carbocycles. The monoisotopic (exact) mass is 328 g/mol. The zero-order valence-electron chi connectivity index (χ0n) is 12.9. The fourth-order valence-corrected chi connectivity index (χ4v) is 1.98. The van der Waals surface area contributed by atoms with Crippen LogP contribution in [0.15, 0.2) is 17.1 Å². The van der Waals surface area contributed by atoms with Crippen molar-refractivity contribution in [3.63, 3.8) is 0 Å². The molecule has 1 amide bonds. The molecule has 2 rings (SSSR count). The van der Waals surface area contributed by atoms with Gasteiger partial charge in [0.2, 0.25) is 5.91 Å². The molecule has 0 bridgehead atoms. The Hall–Kier alpha value is -2.25. The molecule has 1 fully saturated rings. The number of hydrogen-bond donors (Lipinski definition) is 3. The van der Waals surface area contributed by atoms with Gasteiger partial charge in [0.25, 0.3) is 0 Å². The third-order valence-corrected chi connectivity index (χ3v) is 3.47. The van der Waals surface area contributed by atoms with E-state index in [-0.39, 0.29) is 6.54 Å². The van der Waals surface area contributed by atoms with E-state index in [1.165, 1.54) is 0 Å². The standard InChI is InChI=1S/C15H19F3N4O/c1-3-19-15(22-11-6-8(11)2)20-7-12(23)21-10-5-4-9(16)13(17)14(10)18/h4-5,8,11H,3,6-7H2,1-2H3,(H,21,23)(H2,19,20,22). The summed E-state index contributed by atoms with van der Waals surface area (Å²) in [6.07, 6.45) is 1.04. The highest BCUT2D eigenvalue weighted by molar-refractivity contribution is 5.94. The molecule has 5 nitrogen and oxygen atoms in total. The Morgan fingerprint density at radius 2 is 2.00 bits per heavy atom. The fourth-order valence-electron chi connectivity index (χ4n) is 1.98. The zero-order chi connectivity index (χ0) is 17.0. The predicted molar refractivity (Wildman–Crippen MR) is 81.6 cm³/mol. The van der Waals surface area contributed by atoms with E-state index in [4.69, 9.17) is 0 Å². The van der Waals surface area contributed by atoms with Crippen molar-refractivity contribution in [3.05, 3.63) is 29.6 Å². The third-order valence-electron chi connectivity index (χ3n) is 3.47. The van der Waals surface area contributed by atoms with Gasteiger partial charge < -0.3 is 16.0 Å². The molecule has 1 aromatic rings. The van der Waals surface area contributed by atoms with Crippen LogP contribution in [0.1, 0.15) is 20.3 Å². The molecule has 0 heterocycles. The quantitative estimate of drug-likeness (QED) is 0.440. The first-order valence-corrected chi connectivity index (χ1v) is 7.40. The molecule has 2 atom stereocenters. The number of halogens is 3.